The average molecular weight is 312 g/mol. The maximum atomic E-state index is 12.6. The molecule has 6 heteroatoms. The van der Waals surface area contributed by atoms with Crippen molar-refractivity contribution in [3.8, 4) is 0 Å². The lowest BCUT2D eigenvalue weighted by Gasteiger charge is -2.28. The summed E-state index contributed by atoms with van der Waals surface area (Å²) in [6, 6.07) is 7.13. The Bertz CT molecular complexity index is 603. The third-order valence-electron chi connectivity index (χ3n) is 4.36. The van der Waals surface area contributed by atoms with Crippen LogP contribution in [0.15, 0.2) is 29.2 Å². The molecular formula is C15H24N2O3S. The van der Waals surface area contributed by atoms with E-state index in [0.717, 1.165) is 5.56 Å². The van der Waals surface area contributed by atoms with Crippen molar-refractivity contribution in [2.75, 3.05) is 13.7 Å². The minimum absolute atomic E-state index is 0.101. The minimum Gasteiger partial charge on any atom is -0.376 e. The Balaban J connectivity index is 2.28. The summed E-state index contributed by atoms with van der Waals surface area (Å²) in [5.74, 6) is 0. The van der Waals surface area contributed by atoms with Gasteiger partial charge in [-0.05, 0) is 51.9 Å². The molecule has 0 saturated carbocycles. The first-order valence-corrected chi connectivity index (χ1v) is 8.69. The summed E-state index contributed by atoms with van der Waals surface area (Å²) in [7, 11) is -1.71. The number of nitrogens with one attached hydrogen (secondary N) is 2. The van der Waals surface area contributed by atoms with E-state index < -0.39 is 15.6 Å². The summed E-state index contributed by atoms with van der Waals surface area (Å²) >= 11 is 0. The molecule has 1 aromatic rings. The summed E-state index contributed by atoms with van der Waals surface area (Å²) in [6.07, 6.45) is 0.548. The summed E-state index contributed by atoms with van der Waals surface area (Å²) in [5, 5.41) is 3.11. The maximum Gasteiger partial charge on any atom is 0.241 e. The molecule has 3 unspecified atom stereocenters. The van der Waals surface area contributed by atoms with Gasteiger partial charge in [0.1, 0.15) is 0 Å². The van der Waals surface area contributed by atoms with Gasteiger partial charge in [-0.25, -0.2) is 13.1 Å². The predicted molar refractivity (Wildman–Crippen MR) is 82.7 cm³/mol. The van der Waals surface area contributed by atoms with E-state index in [9.17, 15) is 8.42 Å². The molecule has 1 aliphatic rings. The van der Waals surface area contributed by atoms with Crippen molar-refractivity contribution >= 4 is 10.0 Å². The molecule has 2 N–H and O–H groups in total. The van der Waals surface area contributed by atoms with Crippen LogP contribution in [0.4, 0.5) is 0 Å². The second-order valence-corrected chi connectivity index (χ2v) is 7.55. The van der Waals surface area contributed by atoms with Gasteiger partial charge in [0, 0.05) is 12.6 Å². The molecule has 1 aliphatic heterocycles. The molecule has 1 aromatic carbocycles. The monoisotopic (exact) mass is 312 g/mol. The molecule has 118 valence electrons. The van der Waals surface area contributed by atoms with Crippen LogP contribution in [0.5, 0.6) is 0 Å². The number of rotatable bonds is 5. The van der Waals surface area contributed by atoms with Gasteiger partial charge in [-0.2, -0.15) is 0 Å². The summed E-state index contributed by atoms with van der Waals surface area (Å²) in [6.45, 7) is 6.36. The van der Waals surface area contributed by atoms with Crippen LogP contribution >= 0.6 is 0 Å². The third kappa shape index (κ3) is 3.45. The molecule has 1 fully saturated rings. The van der Waals surface area contributed by atoms with Crippen molar-refractivity contribution < 1.29 is 13.2 Å². The van der Waals surface area contributed by atoms with E-state index in [0.29, 0.717) is 17.9 Å². The van der Waals surface area contributed by atoms with Crippen LogP contribution < -0.4 is 10.0 Å². The van der Waals surface area contributed by atoms with Crippen molar-refractivity contribution in [1.82, 2.24) is 10.0 Å². The Labute approximate surface area is 127 Å². The van der Waals surface area contributed by atoms with Crippen LogP contribution in [0.3, 0.4) is 0 Å². The lowest BCUT2D eigenvalue weighted by atomic mass is 9.97. The Morgan fingerprint density at radius 2 is 2.14 bits per heavy atom. The Hall–Kier alpha value is -0.950. The van der Waals surface area contributed by atoms with E-state index in [-0.39, 0.29) is 12.1 Å². The Kier molecular flexibility index (Phi) is 4.72. The van der Waals surface area contributed by atoms with Crippen LogP contribution in [-0.2, 0) is 14.8 Å². The molecule has 0 bridgehead atoms. The highest BCUT2D eigenvalue weighted by molar-refractivity contribution is 7.89. The maximum absolute atomic E-state index is 12.6. The molecule has 0 aliphatic carbocycles. The predicted octanol–water partition coefficient (Wildman–Crippen LogP) is 1.81. The van der Waals surface area contributed by atoms with E-state index in [1.807, 2.05) is 33.9 Å². The second kappa shape index (κ2) is 6.04. The Morgan fingerprint density at radius 3 is 2.71 bits per heavy atom. The lowest BCUT2D eigenvalue weighted by Crippen LogP contribution is -2.50. The molecule has 0 aromatic heterocycles. The quantitative estimate of drug-likeness (QED) is 0.870. The third-order valence-corrected chi connectivity index (χ3v) is 5.97. The second-order valence-electron chi connectivity index (χ2n) is 5.87. The molecule has 0 amide bonds. The molecule has 0 spiro atoms. The zero-order valence-electron chi connectivity index (χ0n) is 13.0. The van der Waals surface area contributed by atoms with E-state index in [1.54, 1.807) is 18.2 Å². The van der Waals surface area contributed by atoms with Gasteiger partial charge in [-0.15, -0.1) is 0 Å². The molecule has 0 radical (unpaired) electrons. The summed E-state index contributed by atoms with van der Waals surface area (Å²) < 4.78 is 33.5. The van der Waals surface area contributed by atoms with Crippen LogP contribution in [0.1, 0.15) is 38.8 Å². The number of hydrogen-bond donors (Lipinski definition) is 2. The zero-order chi connectivity index (χ0) is 15.7. The van der Waals surface area contributed by atoms with Gasteiger partial charge >= 0.3 is 0 Å². The highest BCUT2D eigenvalue weighted by atomic mass is 32.2. The van der Waals surface area contributed by atoms with Crippen LogP contribution in [-0.4, -0.2) is 33.7 Å². The van der Waals surface area contributed by atoms with Gasteiger partial charge in [-0.1, -0.05) is 12.1 Å². The van der Waals surface area contributed by atoms with E-state index in [1.165, 1.54) is 0 Å². The fourth-order valence-electron chi connectivity index (χ4n) is 2.45. The van der Waals surface area contributed by atoms with Gasteiger partial charge in [0.15, 0.2) is 0 Å². The van der Waals surface area contributed by atoms with Gasteiger partial charge in [0.2, 0.25) is 10.0 Å². The van der Waals surface area contributed by atoms with Crippen molar-refractivity contribution in [3.63, 3.8) is 0 Å². The topological polar surface area (TPSA) is 67.4 Å². The number of sulfonamides is 1. The summed E-state index contributed by atoms with van der Waals surface area (Å²) in [4.78, 5) is 0.294. The number of benzene rings is 1. The number of hydrogen-bond acceptors (Lipinski definition) is 4. The lowest BCUT2D eigenvalue weighted by molar-refractivity contribution is 0.0957. The first kappa shape index (κ1) is 16.4. The van der Waals surface area contributed by atoms with E-state index in [2.05, 4.69) is 10.0 Å². The van der Waals surface area contributed by atoms with Crippen molar-refractivity contribution in [2.45, 2.75) is 49.8 Å². The summed E-state index contributed by atoms with van der Waals surface area (Å²) in [5.41, 5.74) is 0.393. The Morgan fingerprint density at radius 1 is 1.43 bits per heavy atom. The fourth-order valence-corrected chi connectivity index (χ4v) is 4.00. The smallest absolute Gasteiger partial charge is 0.241 e. The standard InChI is InChI=1S/C15H24N2O3S/c1-11(16-4)13-6-5-7-14(10-13)21(18,19)17-15(3)8-9-20-12(15)2/h5-7,10-12,16-17H,8-9H2,1-4H3. The molecule has 2 rings (SSSR count). The molecule has 21 heavy (non-hydrogen) atoms. The van der Waals surface area contributed by atoms with E-state index in [4.69, 9.17) is 4.74 Å². The van der Waals surface area contributed by atoms with Crippen LogP contribution in [0.25, 0.3) is 0 Å². The van der Waals surface area contributed by atoms with Gasteiger partial charge in [0.25, 0.3) is 0 Å². The highest BCUT2D eigenvalue weighted by Crippen LogP contribution is 2.27. The molecule has 3 atom stereocenters. The zero-order valence-corrected chi connectivity index (χ0v) is 13.8. The van der Waals surface area contributed by atoms with Crippen molar-refractivity contribution in [1.29, 1.82) is 0 Å². The minimum atomic E-state index is -3.56. The van der Waals surface area contributed by atoms with Gasteiger partial charge in [0.05, 0.1) is 16.5 Å². The van der Waals surface area contributed by atoms with Gasteiger partial charge in [-0.3, -0.25) is 0 Å². The first-order chi connectivity index (χ1) is 9.78. The van der Waals surface area contributed by atoms with Crippen molar-refractivity contribution in [3.05, 3.63) is 29.8 Å². The van der Waals surface area contributed by atoms with Crippen LogP contribution in [0.2, 0.25) is 0 Å². The van der Waals surface area contributed by atoms with Crippen LogP contribution in [0, 0.1) is 0 Å². The fraction of sp³-hybridized carbons (Fsp3) is 0.600. The normalized spacial score (nSPS) is 27.7. The molecule has 1 saturated heterocycles. The average Bonchev–Trinajstić information content (AvgIpc) is 2.76. The number of ether oxygens (including phenoxy) is 1. The van der Waals surface area contributed by atoms with E-state index >= 15 is 0 Å². The molecule has 1 heterocycles. The van der Waals surface area contributed by atoms with Gasteiger partial charge < -0.3 is 10.1 Å². The molecule has 5 nitrogen and oxygen atoms in total. The molecular weight excluding hydrogens is 288 g/mol. The SMILES string of the molecule is CNC(C)c1cccc(S(=O)(=O)NC2(C)CCOC2C)c1. The highest BCUT2D eigenvalue weighted by Gasteiger charge is 2.40. The first-order valence-electron chi connectivity index (χ1n) is 7.21. The van der Waals surface area contributed by atoms with Crippen molar-refractivity contribution in [2.24, 2.45) is 0 Å². The largest absolute Gasteiger partial charge is 0.376 e.